The number of aryl methyl sites for hydroxylation is 2. The van der Waals surface area contributed by atoms with Gasteiger partial charge in [0.15, 0.2) is 0 Å². The number of benzene rings is 1. The topological polar surface area (TPSA) is 15.3 Å². The fourth-order valence-electron chi connectivity index (χ4n) is 2.78. The molecule has 1 fully saturated rings. The zero-order valence-corrected chi connectivity index (χ0v) is 11.5. The first-order chi connectivity index (χ1) is 8.04. The van der Waals surface area contributed by atoms with E-state index in [1.165, 1.54) is 36.2 Å². The highest BCUT2D eigenvalue weighted by Crippen LogP contribution is 2.19. The van der Waals surface area contributed by atoms with Gasteiger partial charge in [0, 0.05) is 18.6 Å². The molecule has 94 valence electrons. The zero-order chi connectivity index (χ0) is 12.4. The van der Waals surface area contributed by atoms with E-state index in [9.17, 15) is 0 Å². The minimum atomic E-state index is 0.449. The predicted molar refractivity (Wildman–Crippen MR) is 73.4 cm³/mol. The van der Waals surface area contributed by atoms with Crippen molar-refractivity contribution in [3.63, 3.8) is 0 Å². The van der Waals surface area contributed by atoms with Crippen molar-refractivity contribution in [3.8, 4) is 0 Å². The number of hydrogen-bond donors (Lipinski definition) is 1. The van der Waals surface area contributed by atoms with Crippen LogP contribution in [0.1, 0.15) is 36.1 Å². The second-order valence-corrected chi connectivity index (χ2v) is 5.56. The van der Waals surface area contributed by atoms with E-state index in [4.69, 9.17) is 0 Å². The first-order valence-electron chi connectivity index (χ1n) is 6.57. The van der Waals surface area contributed by atoms with Gasteiger partial charge < -0.3 is 10.2 Å². The summed E-state index contributed by atoms with van der Waals surface area (Å²) < 4.78 is 0. The third kappa shape index (κ3) is 3.30. The molecule has 17 heavy (non-hydrogen) atoms. The quantitative estimate of drug-likeness (QED) is 0.862. The van der Waals surface area contributed by atoms with Crippen LogP contribution in [0.4, 0.5) is 0 Å². The van der Waals surface area contributed by atoms with E-state index < -0.39 is 0 Å². The summed E-state index contributed by atoms with van der Waals surface area (Å²) in [4.78, 5) is 2.39. The third-order valence-corrected chi connectivity index (χ3v) is 3.62. The number of nitrogens with one attached hydrogen (secondary N) is 1. The van der Waals surface area contributed by atoms with Crippen LogP contribution in [-0.2, 0) is 0 Å². The van der Waals surface area contributed by atoms with Crippen molar-refractivity contribution >= 4 is 0 Å². The van der Waals surface area contributed by atoms with Crippen LogP contribution in [0.3, 0.4) is 0 Å². The van der Waals surface area contributed by atoms with E-state index in [-0.39, 0.29) is 0 Å². The fraction of sp³-hybridized carbons (Fsp3) is 0.600. The van der Waals surface area contributed by atoms with E-state index in [1.807, 2.05) is 0 Å². The van der Waals surface area contributed by atoms with Crippen molar-refractivity contribution in [1.82, 2.24) is 10.2 Å². The Hall–Kier alpha value is -0.860. The summed E-state index contributed by atoms with van der Waals surface area (Å²) in [5.41, 5.74) is 4.13. The first kappa shape index (κ1) is 12.6. The van der Waals surface area contributed by atoms with Gasteiger partial charge in [-0.1, -0.05) is 29.3 Å². The van der Waals surface area contributed by atoms with Crippen LogP contribution >= 0.6 is 0 Å². The summed E-state index contributed by atoms with van der Waals surface area (Å²) in [6.45, 7) is 9.01. The van der Waals surface area contributed by atoms with Crippen LogP contribution in [0.25, 0.3) is 0 Å². The number of nitrogens with zero attached hydrogens (tertiary/aromatic N) is 1. The SMILES string of the molecule is Cc1cc(C)cc(C(C)NC2CCN(C)C2)c1. The lowest BCUT2D eigenvalue weighted by atomic mass is 10.0. The molecule has 1 heterocycles. The van der Waals surface area contributed by atoms with Crippen molar-refractivity contribution in [1.29, 1.82) is 0 Å². The maximum Gasteiger partial charge on any atom is 0.0295 e. The summed E-state index contributed by atoms with van der Waals surface area (Å²) in [7, 11) is 2.20. The van der Waals surface area contributed by atoms with Crippen molar-refractivity contribution in [3.05, 3.63) is 34.9 Å². The average Bonchev–Trinajstić information content (AvgIpc) is 2.62. The van der Waals surface area contributed by atoms with Gasteiger partial charge in [0.1, 0.15) is 0 Å². The van der Waals surface area contributed by atoms with Gasteiger partial charge in [-0.15, -0.1) is 0 Å². The van der Waals surface area contributed by atoms with Crippen molar-refractivity contribution in [2.75, 3.05) is 20.1 Å². The molecule has 2 atom stereocenters. The standard InChI is InChI=1S/C15H24N2/c1-11-7-12(2)9-14(8-11)13(3)16-15-5-6-17(4)10-15/h7-9,13,15-16H,5-6,10H2,1-4H3. The Morgan fingerprint density at radius 1 is 1.24 bits per heavy atom. The lowest BCUT2D eigenvalue weighted by Gasteiger charge is -2.20. The van der Waals surface area contributed by atoms with Gasteiger partial charge in [-0.3, -0.25) is 0 Å². The van der Waals surface area contributed by atoms with Crippen LogP contribution in [0.2, 0.25) is 0 Å². The number of likely N-dealkylation sites (N-methyl/N-ethyl adjacent to an activating group) is 1. The maximum absolute atomic E-state index is 3.74. The monoisotopic (exact) mass is 232 g/mol. The minimum absolute atomic E-state index is 0.449. The highest BCUT2D eigenvalue weighted by atomic mass is 15.2. The fourth-order valence-corrected chi connectivity index (χ4v) is 2.78. The molecular formula is C15H24N2. The lowest BCUT2D eigenvalue weighted by molar-refractivity contribution is 0.387. The molecule has 0 aromatic heterocycles. The minimum Gasteiger partial charge on any atom is -0.306 e. The van der Waals surface area contributed by atoms with Crippen LogP contribution < -0.4 is 5.32 Å². The maximum atomic E-state index is 3.74. The molecule has 1 saturated heterocycles. The van der Waals surface area contributed by atoms with Gasteiger partial charge in [-0.2, -0.15) is 0 Å². The molecule has 1 N–H and O–H groups in total. The second kappa shape index (κ2) is 5.19. The molecule has 2 rings (SSSR count). The average molecular weight is 232 g/mol. The van der Waals surface area contributed by atoms with Gasteiger partial charge in [-0.05, 0) is 46.3 Å². The molecule has 1 aliphatic rings. The van der Waals surface area contributed by atoms with Crippen molar-refractivity contribution in [2.24, 2.45) is 0 Å². The van der Waals surface area contributed by atoms with Crippen LogP contribution in [0.5, 0.6) is 0 Å². The molecule has 0 aliphatic carbocycles. The van der Waals surface area contributed by atoms with Crippen LogP contribution in [-0.4, -0.2) is 31.1 Å². The highest BCUT2D eigenvalue weighted by molar-refractivity contribution is 5.30. The second-order valence-electron chi connectivity index (χ2n) is 5.56. The molecule has 1 aromatic rings. The summed E-state index contributed by atoms with van der Waals surface area (Å²) in [5, 5.41) is 3.74. The molecule has 0 spiro atoms. The molecule has 0 saturated carbocycles. The molecule has 2 nitrogen and oxygen atoms in total. The van der Waals surface area contributed by atoms with Gasteiger partial charge >= 0.3 is 0 Å². The Labute approximate surface area is 105 Å². The van der Waals surface area contributed by atoms with Gasteiger partial charge in [-0.25, -0.2) is 0 Å². The molecule has 1 aliphatic heterocycles. The molecule has 2 unspecified atom stereocenters. The van der Waals surface area contributed by atoms with Crippen molar-refractivity contribution in [2.45, 2.75) is 39.3 Å². The summed E-state index contributed by atoms with van der Waals surface area (Å²) in [6, 6.07) is 7.92. The van der Waals surface area contributed by atoms with Gasteiger partial charge in [0.2, 0.25) is 0 Å². The van der Waals surface area contributed by atoms with Crippen LogP contribution in [0, 0.1) is 13.8 Å². The Morgan fingerprint density at radius 2 is 1.88 bits per heavy atom. The first-order valence-corrected chi connectivity index (χ1v) is 6.57. The van der Waals surface area contributed by atoms with Crippen molar-refractivity contribution < 1.29 is 0 Å². The summed E-state index contributed by atoms with van der Waals surface area (Å²) in [5.74, 6) is 0. The molecule has 0 amide bonds. The van der Waals surface area contributed by atoms with E-state index in [0.717, 1.165) is 0 Å². The molecule has 0 bridgehead atoms. The largest absolute Gasteiger partial charge is 0.306 e. The Bertz CT molecular complexity index is 366. The highest BCUT2D eigenvalue weighted by Gasteiger charge is 2.21. The summed E-state index contributed by atoms with van der Waals surface area (Å²) in [6.07, 6.45) is 1.27. The van der Waals surface area contributed by atoms with E-state index in [0.29, 0.717) is 12.1 Å². The molecular weight excluding hydrogens is 208 g/mol. The smallest absolute Gasteiger partial charge is 0.0295 e. The summed E-state index contributed by atoms with van der Waals surface area (Å²) >= 11 is 0. The van der Waals surface area contributed by atoms with Gasteiger partial charge in [0.25, 0.3) is 0 Å². The Kier molecular flexibility index (Phi) is 3.85. The normalized spacial score (nSPS) is 22.9. The number of hydrogen-bond acceptors (Lipinski definition) is 2. The Balaban J connectivity index is 2.01. The van der Waals surface area contributed by atoms with E-state index in [1.54, 1.807) is 0 Å². The number of likely N-dealkylation sites (tertiary alicyclic amines) is 1. The Morgan fingerprint density at radius 3 is 2.41 bits per heavy atom. The van der Waals surface area contributed by atoms with E-state index in [2.05, 4.69) is 56.2 Å². The van der Waals surface area contributed by atoms with E-state index >= 15 is 0 Å². The molecule has 0 radical (unpaired) electrons. The number of rotatable bonds is 3. The molecule has 1 aromatic carbocycles. The third-order valence-electron chi connectivity index (χ3n) is 3.62. The van der Waals surface area contributed by atoms with Gasteiger partial charge in [0.05, 0.1) is 0 Å². The lowest BCUT2D eigenvalue weighted by Crippen LogP contribution is -2.33. The van der Waals surface area contributed by atoms with Crippen LogP contribution in [0.15, 0.2) is 18.2 Å². The zero-order valence-electron chi connectivity index (χ0n) is 11.5. The molecule has 2 heteroatoms. The predicted octanol–water partition coefficient (Wildman–Crippen LogP) is 2.66.